The summed E-state index contributed by atoms with van der Waals surface area (Å²) in [4.78, 5) is 13.5. The predicted molar refractivity (Wildman–Crippen MR) is 106 cm³/mol. The molecule has 3 aliphatic carbocycles. The maximum atomic E-state index is 13.5. The molecular formula is C22H25N3O3. The van der Waals surface area contributed by atoms with E-state index in [1.165, 1.54) is 19.3 Å². The minimum Gasteiger partial charge on any atom is -0.395 e. The molecule has 0 spiro atoms. The largest absolute Gasteiger partial charge is 0.395 e. The zero-order valence-electron chi connectivity index (χ0n) is 15.8. The van der Waals surface area contributed by atoms with Crippen molar-refractivity contribution >= 4 is 11.5 Å². The van der Waals surface area contributed by atoms with Crippen LogP contribution in [0.1, 0.15) is 59.6 Å². The molecule has 3 aliphatic rings. The van der Waals surface area contributed by atoms with Crippen LogP contribution in [0.3, 0.4) is 0 Å². The van der Waals surface area contributed by atoms with Crippen LogP contribution in [0, 0.1) is 0 Å². The second-order valence-electron chi connectivity index (χ2n) is 7.92. The van der Waals surface area contributed by atoms with Gasteiger partial charge in [0.25, 0.3) is 0 Å². The topological polar surface area (TPSA) is 87.4 Å². The van der Waals surface area contributed by atoms with Crippen LogP contribution in [0.4, 0.5) is 0 Å². The molecule has 6 heteroatoms. The Morgan fingerprint density at radius 1 is 1.14 bits per heavy atom. The van der Waals surface area contributed by atoms with Gasteiger partial charge in [0.1, 0.15) is 5.69 Å². The Kier molecular flexibility index (Phi) is 4.53. The molecule has 1 fully saturated rings. The second kappa shape index (κ2) is 7.18. The van der Waals surface area contributed by atoms with Gasteiger partial charge in [-0.15, -0.1) is 0 Å². The molecule has 1 heterocycles. The smallest absolute Gasteiger partial charge is 0.173 e. The van der Waals surface area contributed by atoms with Gasteiger partial charge in [-0.05, 0) is 18.9 Å². The third kappa shape index (κ3) is 2.79. The van der Waals surface area contributed by atoms with Gasteiger partial charge in [0, 0.05) is 35.3 Å². The van der Waals surface area contributed by atoms with Crippen LogP contribution in [0.15, 0.2) is 34.9 Å². The van der Waals surface area contributed by atoms with Gasteiger partial charge in [-0.2, -0.15) is 0 Å². The third-order valence-electron chi connectivity index (χ3n) is 6.18. The molecule has 1 aromatic heterocycles. The van der Waals surface area contributed by atoms with Crippen LogP contribution in [-0.2, 0) is 0 Å². The molecule has 2 atom stereocenters. The maximum Gasteiger partial charge on any atom is 0.173 e. The van der Waals surface area contributed by atoms with Crippen LogP contribution in [0.5, 0.6) is 0 Å². The van der Waals surface area contributed by atoms with Gasteiger partial charge in [0.05, 0.1) is 18.2 Å². The number of aliphatic hydroxyl groups is 1. The minimum atomic E-state index is -0.326. The fourth-order valence-electron chi connectivity index (χ4n) is 4.89. The molecule has 0 amide bonds. The summed E-state index contributed by atoms with van der Waals surface area (Å²) < 4.78 is 5.74. The van der Waals surface area contributed by atoms with Crippen molar-refractivity contribution in [3.63, 3.8) is 0 Å². The average molecular weight is 379 g/mol. The molecule has 0 saturated heterocycles. The summed E-state index contributed by atoms with van der Waals surface area (Å²) in [7, 11) is 0. The minimum absolute atomic E-state index is 0.0310. The van der Waals surface area contributed by atoms with Crippen molar-refractivity contribution < 1.29 is 14.4 Å². The van der Waals surface area contributed by atoms with Gasteiger partial charge in [0.15, 0.2) is 11.5 Å². The molecule has 5 rings (SSSR count). The normalized spacial score (nSPS) is 23.8. The highest BCUT2D eigenvalue weighted by Crippen LogP contribution is 2.47. The molecule has 0 bridgehead atoms. The van der Waals surface area contributed by atoms with E-state index in [2.05, 4.69) is 21.9 Å². The summed E-state index contributed by atoms with van der Waals surface area (Å²) >= 11 is 0. The number of nitrogens with zero attached hydrogens (tertiary/aromatic N) is 1. The highest BCUT2D eigenvalue weighted by atomic mass is 16.5. The predicted octanol–water partition coefficient (Wildman–Crippen LogP) is 2.85. The standard InChI is InChI=1S/C22H25N3O3/c26-11-10-23-17-12-16(24-13-6-2-1-3-7-13)18-19-20(17)25-28-22(19)15-9-5-4-8-14(15)21(18)27/h4-5,8-9,12-13,16,18,23-24,26H,1-3,6-7,10-11H2. The monoisotopic (exact) mass is 379 g/mol. The first-order valence-electron chi connectivity index (χ1n) is 10.2. The quantitative estimate of drug-likeness (QED) is 0.741. The number of aromatic nitrogens is 1. The van der Waals surface area contributed by atoms with Crippen LogP contribution in [0.25, 0.3) is 17.0 Å². The Morgan fingerprint density at radius 2 is 1.93 bits per heavy atom. The Balaban J connectivity index is 1.59. The van der Waals surface area contributed by atoms with E-state index >= 15 is 0 Å². The Bertz CT molecular complexity index is 927. The molecule has 1 saturated carbocycles. The summed E-state index contributed by atoms with van der Waals surface area (Å²) in [5.74, 6) is 0.494. The first kappa shape index (κ1) is 17.6. The highest BCUT2D eigenvalue weighted by Gasteiger charge is 2.45. The van der Waals surface area contributed by atoms with Crippen molar-refractivity contribution in [2.24, 2.45) is 0 Å². The number of hydrogen-bond acceptors (Lipinski definition) is 6. The number of benzene rings is 1. The molecule has 3 N–H and O–H groups in total. The van der Waals surface area contributed by atoms with E-state index in [4.69, 9.17) is 4.52 Å². The lowest BCUT2D eigenvalue weighted by molar-refractivity contribution is 0.0940. The number of nitrogens with one attached hydrogen (secondary N) is 2. The lowest BCUT2D eigenvalue weighted by Crippen LogP contribution is -2.47. The number of hydrogen-bond donors (Lipinski definition) is 3. The number of rotatable bonds is 5. The summed E-state index contributed by atoms with van der Waals surface area (Å²) in [6, 6.07) is 7.93. The van der Waals surface area contributed by atoms with Gasteiger partial charge in [-0.3, -0.25) is 4.79 Å². The van der Waals surface area contributed by atoms with E-state index in [1.54, 1.807) is 0 Å². The number of carbonyl (C=O) groups excluding carboxylic acids is 1. The van der Waals surface area contributed by atoms with Gasteiger partial charge in [0.2, 0.25) is 0 Å². The van der Waals surface area contributed by atoms with Crippen LogP contribution in [-0.4, -0.2) is 41.3 Å². The number of aliphatic hydroxyl groups excluding tert-OH is 1. The van der Waals surface area contributed by atoms with Crippen molar-refractivity contribution in [1.29, 1.82) is 0 Å². The molecule has 6 nitrogen and oxygen atoms in total. The van der Waals surface area contributed by atoms with E-state index in [1.807, 2.05) is 24.3 Å². The summed E-state index contributed by atoms with van der Waals surface area (Å²) in [6.07, 6.45) is 8.10. The Hall–Kier alpha value is -2.44. The van der Waals surface area contributed by atoms with E-state index in [-0.39, 0.29) is 24.3 Å². The Morgan fingerprint density at radius 3 is 2.71 bits per heavy atom. The second-order valence-corrected chi connectivity index (χ2v) is 7.92. The molecule has 2 unspecified atom stereocenters. The molecule has 0 radical (unpaired) electrons. The fraction of sp³-hybridized carbons (Fsp3) is 0.455. The number of ketones is 1. The number of carbonyl (C=O) groups is 1. The number of fused-ring (bicyclic) bond motifs is 2. The first-order chi connectivity index (χ1) is 13.8. The van der Waals surface area contributed by atoms with Crippen LogP contribution in [0.2, 0.25) is 0 Å². The molecule has 2 aromatic rings. The number of Topliss-reactive ketones (excluding diaryl/α,β-unsaturated/α-hetero) is 1. The summed E-state index contributed by atoms with van der Waals surface area (Å²) in [6.45, 7) is 0.460. The highest BCUT2D eigenvalue weighted by molar-refractivity contribution is 6.11. The zero-order chi connectivity index (χ0) is 19.1. The zero-order valence-corrected chi connectivity index (χ0v) is 15.8. The average Bonchev–Trinajstić information content (AvgIpc) is 3.17. The molecule has 0 aliphatic heterocycles. The lowest BCUT2D eigenvalue weighted by atomic mass is 9.73. The Labute approximate surface area is 164 Å². The SMILES string of the molecule is O=C1c2ccccc2-c2onc3c2C1C(NC1CCCCC1)C=C3NCCO. The third-order valence-corrected chi connectivity index (χ3v) is 6.18. The van der Waals surface area contributed by atoms with Crippen molar-refractivity contribution in [1.82, 2.24) is 15.8 Å². The van der Waals surface area contributed by atoms with E-state index in [0.29, 0.717) is 29.6 Å². The van der Waals surface area contributed by atoms with Gasteiger partial charge in [-0.25, -0.2) is 0 Å². The van der Waals surface area contributed by atoms with E-state index in [9.17, 15) is 9.90 Å². The summed E-state index contributed by atoms with van der Waals surface area (Å²) in [5, 5.41) is 20.6. The van der Waals surface area contributed by atoms with Crippen molar-refractivity contribution in [3.8, 4) is 11.3 Å². The van der Waals surface area contributed by atoms with Crippen molar-refractivity contribution in [3.05, 3.63) is 47.2 Å². The molecule has 28 heavy (non-hydrogen) atoms. The molecule has 146 valence electrons. The van der Waals surface area contributed by atoms with Crippen LogP contribution < -0.4 is 10.6 Å². The lowest BCUT2D eigenvalue weighted by Gasteiger charge is -2.36. The first-order valence-corrected chi connectivity index (χ1v) is 10.2. The van der Waals surface area contributed by atoms with E-state index < -0.39 is 0 Å². The van der Waals surface area contributed by atoms with Gasteiger partial charge >= 0.3 is 0 Å². The summed E-state index contributed by atoms with van der Waals surface area (Å²) in [5.41, 5.74) is 3.92. The van der Waals surface area contributed by atoms with E-state index in [0.717, 1.165) is 29.7 Å². The molecular weight excluding hydrogens is 354 g/mol. The fourth-order valence-corrected chi connectivity index (χ4v) is 4.89. The van der Waals surface area contributed by atoms with Crippen LogP contribution >= 0.6 is 0 Å². The molecule has 1 aromatic carbocycles. The maximum absolute atomic E-state index is 13.5. The van der Waals surface area contributed by atoms with Gasteiger partial charge in [-0.1, -0.05) is 48.7 Å². The van der Waals surface area contributed by atoms with Gasteiger partial charge < -0.3 is 20.3 Å². The van der Waals surface area contributed by atoms with Crippen molar-refractivity contribution in [2.75, 3.05) is 13.2 Å². The van der Waals surface area contributed by atoms with Crippen molar-refractivity contribution in [2.45, 2.75) is 50.1 Å².